The van der Waals surface area contributed by atoms with Crippen molar-refractivity contribution in [2.24, 2.45) is 7.05 Å². The summed E-state index contributed by atoms with van der Waals surface area (Å²) in [5, 5.41) is 0. The van der Waals surface area contributed by atoms with Crippen LogP contribution in [0.15, 0.2) is 64.2 Å². The van der Waals surface area contributed by atoms with Gasteiger partial charge in [0.15, 0.2) is 11.2 Å². The zero-order chi connectivity index (χ0) is 23.8. The maximum Gasteiger partial charge on any atom is 0.338 e. The Morgan fingerprint density at radius 3 is 2.47 bits per heavy atom. The van der Waals surface area contributed by atoms with Crippen LogP contribution in [0.25, 0.3) is 11.2 Å². The smallest absolute Gasteiger partial charge is 0.338 e. The molecule has 0 saturated heterocycles. The molecule has 4 aromatic rings. The maximum atomic E-state index is 13.4. The summed E-state index contributed by atoms with van der Waals surface area (Å²) in [4.78, 5) is 45.0. The average Bonchev–Trinajstić information content (AvgIpc) is 3.43. The molecule has 0 bridgehead atoms. The Balaban J connectivity index is 1.51. The first-order chi connectivity index (χ1) is 16.5. The number of hydrogen-bond acceptors (Lipinski definition) is 6. The molecule has 5 rings (SSSR count). The van der Waals surface area contributed by atoms with E-state index in [1.54, 1.807) is 26.1 Å². The van der Waals surface area contributed by atoms with Gasteiger partial charge in [-0.05, 0) is 43.2 Å². The number of benzene rings is 2. The van der Waals surface area contributed by atoms with E-state index in [-0.39, 0.29) is 17.2 Å². The molecule has 174 valence electrons. The van der Waals surface area contributed by atoms with Crippen molar-refractivity contribution < 1.29 is 9.53 Å². The monoisotopic (exact) mass is 459 g/mol. The Morgan fingerprint density at radius 1 is 1.03 bits per heavy atom. The molecule has 0 fully saturated rings. The SMILES string of the molecule is CCOC(=O)c1ccc(N2CCn3c2nc2c3c(=O)n(CCc3ccccc3)c(=O)n2C)cc1. The lowest BCUT2D eigenvalue weighted by molar-refractivity contribution is 0.0526. The molecule has 2 aromatic heterocycles. The lowest BCUT2D eigenvalue weighted by Gasteiger charge is -2.16. The average molecular weight is 460 g/mol. The Bertz CT molecular complexity index is 1480. The predicted molar refractivity (Wildman–Crippen MR) is 129 cm³/mol. The Kier molecular flexibility index (Phi) is 5.53. The molecule has 3 heterocycles. The molecule has 0 radical (unpaired) electrons. The highest BCUT2D eigenvalue weighted by molar-refractivity contribution is 5.90. The number of esters is 1. The number of hydrogen-bond donors (Lipinski definition) is 0. The first-order valence-corrected chi connectivity index (χ1v) is 11.3. The minimum Gasteiger partial charge on any atom is -0.462 e. The topological polar surface area (TPSA) is 91.4 Å². The van der Waals surface area contributed by atoms with Crippen molar-refractivity contribution in [2.75, 3.05) is 18.1 Å². The van der Waals surface area contributed by atoms with E-state index in [1.165, 1.54) is 9.13 Å². The molecule has 2 aromatic carbocycles. The second kappa shape index (κ2) is 8.66. The van der Waals surface area contributed by atoms with Crippen molar-refractivity contribution >= 4 is 28.8 Å². The van der Waals surface area contributed by atoms with Gasteiger partial charge in [-0.3, -0.25) is 13.9 Å². The largest absolute Gasteiger partial charge is 0.462 e. The van der Waals surface area contributed by atoms with E-state index in [0.717, 1.165) is 11.3 Å². The lowest BCUT2D eigenvalue weighted by atomic mass is 10.1. The van der Waals surface area contributed by atoms with Crippen LogP contribution in [0.2, 0.25) is 0 Å². The second-order valence-electron chi connectivity index (χ2n) is 8.19. The first-order valence-electron chi connectivity index (χ1n) is 11.3. The molecule has 0 saturated carbocycles. The minimum atomic E-state index is -0.379. The van der Waals surface area contributed by atoms with E-state index in [9.17, 15) is 14.4 Å². The standard InChI is InChI=1S/C25H25N5O4/c1-3-34-23(32)18-9-11-19(12-10-18)28-15-16-29-20-21(26-24(28)29)27(2)25(33)30(22(20)31)14-13-17-7-5-4-6-8-17/h4-12H,3,13-16H2,1-2H3. The molecule has 0 spiro atoms. The van der Waals surface area contributed by atoms with Crippen LogP contribution in [0, 0.1) is 0 Å². The van der Waals surface area contributed by atoms with Gasteiger partial charge in [-0.15, -0.1) is 0 Å². The second-order valence-corrected chi connectivity index (χ2v) is 8.19. The van der Waals surface area contributed by atoms with Crippen molar-refractivity contribution in [1.29, 1.82) is 0 Å². The Hall–Kier alpha value is -4.14. The van der Waals surface area contributed by atoms with Crippen molar-refractivity contribution in [2.45, 2.75) is 26.4 Å². The zero-order valence-electron chi connectivity index (χ0n) is 19.1. The minimum absolute atomic E-state index is 0.297. The van der Waals surface area contributed by atoms with Gasteiger partial charge in [-0.25, -0.2) is 9.59 Å². The van der Waals surface area contributed by atoms with Crippen LogP contribution in [0.1, 0.15) is 22.8 Å². The number of nitrogens with zero attached hydrogens (tertiary/aromatic N) is 5. The van der Waals surface area contributed by atoms with Gasteiger partial charge in [0.25, 0.3) is 5.56 Å². The number of carbonyl (C=O) groups is 1. The number of aryl methyl sites for hydroxylation is 2. The van der Waals surface area contributed by atoms with Gasteiger partial charge in [-0.1, -0.05) is 30.3 Å². The molecule has 0 unspecified atom stereocenters. The number of rotatable bonds is 6. The number of imidazole rings is 1. The summed E-state index contributed by atoms with van der Waals surface area (Å²) in [7, 11) is 1.64. The van der Waals surface area contributed by atoms with Crippen LogP contribution in [-0.2, 0) is 31.3 Å². The third-order valence-corrected chi connectivity index (χ3v) is 6.16. The third-order valence-electron chi connectivity index (χ3n) is 6.16. The summed E-state index contributed by atoms with van der Waals surface area (Å²) in [5.41, 5.74) is 2.47. The van der Waals surface area contributed by atoms with Crippen molar-refractivity contribution in [3.05, 3.63) is 86.6 Å². The molecule has 0 amide bonds. The van der Waals surface area contributed by atoms with Gasteiger partial charge in [0.1, 0.15) is 0 Å². The van der Waals surface area contributed by atoms with Crippen molar-refractivity contribution in [3.8, 4) is 0 Å². The number of anilines is 2. The summed E-state index contributed by atoms with van der Waals surface area (Å²) in [6.45, 7) is 3.58. The highest BCUT2D eigenvalue weighted by Gasteiger charge is 2.28. The molecular formula is C25H25N5O4. The van der Waals surface area contributed by atoms with E-state index in [1.807, 2.05) is 51.9 Å². The van der Waals surface area contributed by atoms with Crippen LogP contribution < -0.4 is 16.1 Å². The number of carbonyl (C=O) groups excluding carboxylic acids is 1. The van der Waals surface area contributed by atoms with E-state index in [2.05, 4.69) is 4.98 Å². The van der Waals surface area contributed by atoms with Crippen LogP contribution in [-0.4, -0.2) is 37.8 Å². The van der Waals surface area contributed by atoms with Gasteiger partial charge in [0, 0.05) is 32.4 Å². The maximum absolute atomic E-state index is 13.4. The molecule has 0 atom stereocenters. The fraction of sp³-hybridized carbons (Fsp3) is 0.280. The molecule has 1 aliphatic rings. The number of fused-ring (bicyclic) bond motifs is 3. The van der Waals surface area contributed by atoms with E-state index >= 15 is 0 Å². The van der Waals surface area contributed by atoms with Gasteiger partial charge < -0.3 is 14.2 Å². The number of aromatic nitrogens is 4. The van der Waals surface area contributed by atoms with Crippen LogP contribution >= 0.6 is 0 Å². The fourth-order valence-corrected chi connectivity index (χ4v) is 4.40. The Labute approximate surface area is 195 Å². The van der Waals surface area contributed by atoms with Crippen LogP contribution in [0.4, 0.5) is 11.6 Å². The molecular weight excluding hydrogens is 434 g/mol. The highest BCUT2D eigenvalue weighted by atomic mass is 16.5. The van der Waals surface area contributed by atoms with E-state index in [0.29, 0.717) is 55.3 Å². The molecule has 0 aliphatic carbocycles. The normalized spacial score (nSPS) is 12.8. The van der Waals surface area contributed by atoms with E-state index < -0.39 is 0 Å². The van der Waals surface area contributed by atoms with Crippen LogP contribution in [0.5, 0.6) is 0 Å². The van der Waals surface area contributed by atoms with Gasteiger partial charge in [0.05, 0.1) is 12.2 Å². The number of ether oxygens (including phenoxy) is 1. The third kappa shape index (κ3) is 3.59. The predicted octanol–water partition coefficient (Wildman–Crippen LogP) is 2.47. The molecule has 0 N–H and O–H groups in total. The quantitative estimate of drug-likeness (QED) is 0.412. The van der Waals surface area contributed by atoms with Gasteiger partial charge >= 0.3 is 11.7 Å². The lowest BCUT2D eigenvalue weighted by Crippen LogP contribution is -2.40. The molecule has 34 heavy (non-hydrogen) atoms. The highest BCUT2D eigenvalue weighted by Crippen LogP contribution is 2.31. The first kappa shape index (κ1) is 21.7. The van der Waals surface area contributed by atoms with E-state index in [4.69, 9.17) is 4.74 Å². The zero-order valence-corrected chi connectivity index (χ0v) is 19.1. The fourth-order valence-electron chi connectivity index (χ4n) is 4.40. The van der Waals surface area contributed by atoms with Crippen LogP contribution in [0.3, 0.4) is 0 Å². The molecule has 9 nitrogen and oxygen atoms in total. The summed E-state index contributed by atoms with van der Waals surface area (Å²) in [6.07, 6.45) is 0.585. The van der Waals surface area contributed by atoms with Gasteiger partial charge in [0.2, 0.25) is 5.95 Å². The van der Waals surface area contributed by atoms with Crippen molar-refractivity contribution in [3.63, 3.8) is 0 Å². The molecule has 1 aliphatic heterocycles. The summed E-state index contributed by atoms with van der Waals surface area (Å²) >= 11 is 0. The summed E-state index contributed by atoms with van der Waals surface area (Å²) < 4.78 is 9.65. The van der Waals surface area contributed by atoms with Crippen molar-refractivity contribution in [1.82, 2.24) is 18.7 Å². The Morgan fingerprint density at radius 2 is 1.76 bits per heavy atom. The summed E-state index contributed by atoms with van der Waals surface area (Å²) in [5.74, 6) is 0.237. The van der Waals surface area contributed by atoms with Gasteiger partial charge in [-0.2, -0.15) is 4.98 Å². The summed E-state index contributed by atoms with van der Waals surface area (Å²) in [6, 6.07) is 16.9. The molecule has 9 heteroatoms.